The highest BCUT2D eigenvalue weighted by Gasteiger charge is 1.99. The summed E-state index contributed by atoms with van der Waals surface area (Å²) in [5, 5.41) is 3.45. The lowest BCUT2D eigenvalue weighted by atomic mass is 10.2. The average Bonchev–Trinajstić information content (AvgIpc) is 2.60. The van der Waals surface area contributed by atoms with Crippen LogP contribution in [0.4, 0.5) is 5.69 Å². The fourth-order valence-electron chi connectivity index (χ4n) is 2.45. The lowest BCUT2D eigenvalue weighted by molar-refractivity contribution is 0.306. The van der Waals surface area contributed by atoms with Gasteiger partial charge in [-0.1, -0.05) is 54.6 Å². The number of hydrogen-bond acceptors (Lipinski definition) is 2. The van der Waals surface area contributed by atoms with E-state index in [1.54, 1.807) is 0 Å². The summed E-state index contributed by atoms with van der Waals surface area (Å²) in [6.45, 7) is 3.48. The van der Waals surface area contributed by atoms with Gasteiger partial charge in [-0.15, -0.1) is 0 Å². The molecule has 0 aliphatic rings. The highest BCUT2D eigenvalue weighted by Crippen LogP contribution is 2.17. The monoisotopic (exact) mass is 303 g/mol. The van der Waals surface area contributed by atoms with Crippen molar-refractivity contribution in [1.82, 2.24) is 0 Å². The molecule has 3 rings (SSSR count). The second-order valence-corrected chi connectivity index (χ2v) is 5.64. The van der Waals surface area contributed by atoms with Gasteiger partial charge in [-0.3, -0.25) is 0 Å². The summed E-state index contributed by atoms with van der Waals surface area (Å²) < 4.78 is 5.88. The Labute approximate surface area is 137 Å². The van der Waals surface area contributed by atoms with Crippen molar-refractivity contribution in [3.63, 3.8) is 0 Å². The Bertz CT molecular complexity index is 753. The largest absolute Gasteiger partial charge is 0.489 e. The van der Waals surface area contributed by atoms with Gasteiger partial charge in [0, 0.05) is 12.2 Å². The minimum atomic E-state index is 0.593. The molecule has 116 valence electrons. The van der Waals surface area contributed by atoms with E-state index in [1.165, 1.54) is 16.7 Å². The van der Waals surface area contributed by atoms with Crippen LogP contribution in [0.3, 0.4) is 0 Å². The molecule has 0 saturated heterocycles. The van der Waals surface area contributed by atoms with Gasteiger partial charge in [0.05, 0.1) is 0 Å². The zero-order valence-corrected chi connectivity index (χ0v) is 13.3. The molecule has 0 spiro atoms. The van der Waals surface area contributed by atoms with Crippen molar-refractivity contribution in [1.29, 1.82) is 0 Å². The van der Waals surface area contributed by atoms with Gasteiger partial charge >= 0.3 is 0 Å². The van der Waals surface area contributed by atoms with Crippen molar-refractivity contribution >= 4 is 5.69 Å². The maximum atomic E-state index is 5.88. The highest BCUT2D eigenvalue weighted by atomic mass is 16.5. The lowest BCUT2D eigenvalue weighted by Crippen LogP contribution is -2.00. The number of rotatable bonds is 6. The molecule has 0 aliphatic carbocycles. The minimum absolute atomic E-state index is 0.593. The van der Waals surface area contributed by atoms with Crippen LogP contribution in [0.5, 0.6) is 5.75 Å². The molecule has 0 atom stereocenters. The predicted molar refractivity (Wildman–Crippen MR) is 95.7 cm³/mol. The molecule has 0 bridgehead atoms. The van der Waals surface area contributed by atoms with Gasteiger partial charge in [0.25, 0.3) is 0 Å². The van der Waals surface area contributed by atoms with Gasteiger partial charge in [0.2, 0.25) is 0 Å². The molecule has 3 aromatic rings. The van der Waals surface area contributed by atoms with Crippen LogP contribution in [0.1, 0.15) is 16.7 Å². The van der Waals surface area contributed by atoms with Crippen LogP contribution in [0.2, 0.25) is 0 Å². The highest BCUT2D eigenvalue weighted by molar-refractivity contribution is 5.46. The van der Waals surface area contributed by atoms with E-state index < -0.39 is 0 Å². The van der Waals surface area contributed by atoms with E-state index in [2.05, 4.69) is 60.8 Å². The molecule has 0 radical (unpaired) electrons. The third kappa shape index (κ3) is 4.62. The van der Waals surface area contributed by atoms with Gasteiger partial charge in [-0.25, -0.2) is 0 Å². The molecule has 1 N–H and O–H groups in total. The summed E-state index contributed by atoms with van der Waals surface area (Å²) in [5.41, 5.74) is 4.78. The van der Waals surface area contributed by atoms with Gasteiger partial charge < -0.3 is 10.1 Å². The normalized spacial score (nSPS) is 10.3. The van der Waals surface area contributed by atoms with E-state index in [4.69, 9.17) is 4.74 Å². The van der Waals surface area contributed by atoms with Crippen molar-refractivity contribution in [2.75, 3.05) is 5.32 Å². The molecule has 2 nitrogen and oxygen atoms in total. The van der Waals surface area contributed by atoms with E-state index in [-0.39, 0.29) is 0 Å². The maximum absolute atomic E-state index is 5.88. The van der Waals surface area contributed by atoms with Crippen LogP contribution in [0.25, 0.3) is 0 Å². The summed E-state index contributed by atoms with van der Waals surface area (Å²) in [6, 6.07) is 26.9. The summed E-state index contributed by atoms with van der Waals surface area (Å²) in [6.07, 6.45) is 0. The number of nitrogens with one attached hydrogen (secondary N) is 1. The van der Waals surface area contributed by atoms with Crippen molar-refractivity contribution < 1.29 is 4.74 Å². The molecule has 0 saturated carbocycles. The minimum Gasteiger partial charge on any atom is -0.489 e. The summed E-state index contributed by atoms with van der Waals surface area (Å²) in [7, 11) is 0. The molecule has 2 heteroatoms. The molecule has 0 heterocycles. The number of anilines is 1. The van der Waals surface area contributed by atoms with Crippen LogP contribution >= 0.6 is 0 Å². The van der Waals surface area contributed by atoms with Crippen molar-refractivity contribution in [2.24, 2.45) is 0 Å². The second-order valence-electron chi connectivity index (χ2n) is 5.64. The predicted octanol–water partition coefficient (Wildman–Crippen LogP) is 5.19. The quantitative estimate of drug-likeness (QED) is 0.677. The SMILES string of the molecule is Cc1cccc(NCc2cccc(OCc3ccccc3)c2)c1. The lowest BCUT2D eigenvalue weighted by Gasteiger charge is -2.10. The van der Waals surface area contributed by atoms with E-state index in [0.717, 1.165) is 18.0 Å². The molecule has 23 heavy (non-hydrogen) atoms. The third-order valence-corrected chi connectivity index (χ3v) is 3.66. The summed E-state index contributed by atoms with van der Waals surface area (Å²) >= 11 is 0. The number of aryl methyl sites for hydroxylation is 1. The van der Waals surface area contributed by atoms with Crippen molar-refractivity contribution in [3.8, 4) is 5.75 Å². The van der Waals surface area contributed by atoms with Crippen LogP contribution in [-0.2, 0) is 13.2 Å². The molecular formula is C21H21NO. The first-order valence-electron chi connectivity index (χ1n) is 7.86. The summed E-state index contributed by atoms with van der Waals surface area (Å²) in [4.78, 5) is 0. The van der Waals surface area contributed by atoms with Gasteiger partial charge in [0.1, 0.15) is 12.4 Å². The topological polar surface area (TPSA) is 21.3 Å². The molecule has 0 unspecified atom stereocenters. The van der Waals surface area contributed by atoms with Crippen LogP contribution in [0, 0.1) is 6.92 Å². The number of ether oxygens (including phenoxy) is 1. The Balaban J connectivity index is 1.59. The fourth-order valence-corrected chi connectivity index (χ4v) is 2.45. The second kappa shape index (κ2) is 7.50. The first-order chi connectivity index (χ1) is 11.3. The Morgan fingerprint density at radius 2 is 1.57 bits per heavy atom. The molecule has 0 amide bonds. The number of benzene rings is 3. The summed E-state index contributed by atoms with van der Waals surface area (Å²) in [5.74, 6) is 0.900. The molecule has 0 aromatic heterocycles. The van der Waals surface area contributed by atoms with Gasteiger partial charge in [-0.05, 0) is 47.9 Å². The van der Waals surface area contributed by atoms with E-state index >= 15 is 0 Å². The smallest absolute Gasteiger partial charge is 0.120 e. The molecule has 0 aliphatic heterocycles. The van der Waals surface area contributed by atoms with E-state index in [0.29, 0.717) is 6.61 Å². The van der Waals surface area contributed by atoms with Crippen LogP contribution < -0.4 is 10.1 Å². The van der Waals surface area contributed by atoms with Crippen molar-refractivity contribution in [3.05, 3.63) is 95.6 Å². The molecule has 3 aromatic carbocycles. The molecular weight excluding hydrogens is 282 g/mol. The zero-order valence-electron chi connectivity index (χ0n) is 13.3. The Morgan fingerprint density at radius 3 is 2.39 bits per heavy atom. The van der Waals surface area contributed by atoms with Crippen LogP contribution in [-0.4, -0.2) is 0 Å². The van der Waals surface area contributed by atoms with Gasteiger partial charge in [-0.2, -0.15) is 0 Å². The van der Waals surface area contributed by atoms with Gasteiger partial charge in [0.15, 0.2) is 0 Å². The molecule has 0 fully saturated rings. The Morgan fingerprint density at radius 1 is 0.783 bits per heavy atom. The van der Waals surface area contributed by atoms with Crippen LogP contribution in [0.15, 0.2) is 78.9 Å². The van der Waals surface area contributed by atoms with Crippen molar-refractivity contribution in [2.45, 2.75) is 20.1 Å². The number of hydrogen-bond donors (Lipinski definition) is 1. The first-order valence-corrected chi connectivity index (χ1v) is 7.86. The first kappa shape index (κ1) is 15.2. The Hall–Kier alpha value is -2.74. The third-order valence-electron chi connectivity index (χ3n) is 3.66. The van der Waals surface area contributed by atoms with E-state index in [1.807, 2.05) is 30.3 Å². The maximum Gasteiger partial charge on any atom is 0.120 e. The fraction of sp³-hybridized carbons (Fsp3) is 0.143. The Kier molecular flexibility index (Phi) is 4.95. The van der Waals surface area contributed by atoms with E-state index in [9.17, 15) is 0 Å². The zero-order chi connectivity index (χ0) is 15.9. The standard InChI is InChI=1S/C21H21NO/c1-17-7-5-11-20(13-17)22-15-19-10-6-12-21(14-19)23-16-18-8-3-2-4-9-18/h2-14,22H,15-16H2,1H3. The average molecular weight is 303 g/mol.